The lowest BCUT2D eigenvalue weighted by atomic mass is 10.0. The van der Waals surface area contributed by atoms with Gasteiger partial charge in [-0.2, -0.15) is 0 Å². The molecule has 1 aliphatic carbocycles. The summed E-state index contributed by atoms with van der Waals surface area (Å²) < 4.78 is 10.1. The first kappa shape index (κ1) is 23.7. The summed E-state index contributed by atoms with van der Waals surface area (Å²) in [4.78, 5) is 38.4. The van der Waals surface area contributed by atoms with Crippen molar-refractivity contribution in [3.05, 3.63) is 24.3 Å². The molecule has 0 aromatic heterocycles. The lowest BCUT2D eigenvalue weighted by Crippen LogP contribution is -2.44. The van der Waals surface area contributed by atoms with E-state index >= 15 is 0 Å². The Morgan fingerprint density at radius 3 is 2.40 bits per heavy atom. The Balaban J connectivity index is 1.75. The number of ether oxygens (including phenoxy) is 2. The Labute approximate surface area is 178 Å². The maximum Gasteiger partial charge on any atom is 0.243 e. The monoisotopic (exact) mass is 419 g/mol. The van der Waals surface area contributed by atoms with Crippen molar-refractivity contribution in [1.29, 1.82) is 0 Å². The van der Waals surface area contributed by atoms with Crippen molar-refractivity contribution in [2.24, 2.45) is 5.92 Å². The van der Waals surface area contributed by atoms with Gasteiger partial charge in [-0.3, -0.25) is 14.4 Å². The molecule has 166 valence electrons. The van der Waals surface area contributed by atoms with E-state index in [9.17, 15) is 14.4 Å². The second-order valence-corrected chi connectivity index (χ2v) is 7.55. The third-order valence-electron chi connectivity index (χ3n) is 5.31. The molecule has 0 spiro atoms. The number of anilines is 1. The van der Waals surface area contributed by atoms with Crippen LogP contribution in [-0.4, -0.2) is 63.1 Å². The number of carbonyl (C=O) groups is 3. The molecule has 1 aromatic carbocycles. The SMILES string of the molecule is COCCN(CC(=O)NCC(=O)Nc1ccc(OC)cc1)C(=O)CCC1CCCC1. The van der Waals surface area contributed by atoms with E-state index < -0.39 is 0 Å². The molecule has 2 rings (SSSR count). The van der Waals surface area contributed by atoms with Crippen molar-refractivity contribution in [2.75, 3.05) is 45.8 Å². The fourth-order valence-corrected chi connectivity index (χ4v) is 3.57. The van der Waals surface area contributed by atoms with Gasteiger partial charge in [-0.25, -0.2) is 0 Å². The van der Waals surface area contributed by atoms with Crippen LogP contribution in [0.3, 0.4) is 0 Å². The topological polar surface area (TPSA) is 97.0 Å². The number of carbonyl (C=O) groups excluding carboxylic acids is 3. The van der Waals surface area contributed by atoms with E-state index in [1.165, 1.54) is 30.6 Å². The third kappa shape index (κ3) is 8.41. The van der Waals surface area contributed by atoms with Gasteiger partial charge >= 0.3 is 0 Å². The van der Waals surface area contributed by atoms with Gasteiger partial charge in [0.2, 0.25) is 17.7 Å². The quantitative estimate of drug-likeness (QED) is 0.541. The van der Waals surface area contributed by atoms with Crippen LogP contribution in [0.2, 0.25) is 0 Å². The van der Waals surface area contributed by atoms with Crippen LogP contribution in [0, 0.1) is 5.92 Å². The van der Waals surface area contributed by atoms with Gasteiger partial charge in [-0.05, 0) is 36.6 Å². The van der Waals surface area contributed by atoms with E-state index in [1.54, 1.807) is 38.5 Å². The first-order valence-electron chi connectivity index (χ1n) is 10.5. The van der Waals surface area contributed by atoms with E-state index in [1.807, 2.05) is 0 Å². The molecule has 0 aliphatic heterocycles. The number of hydrogen-bond acceptors (Lipinski definition) is 5. The number of nitrogens with one attached hydrogen (secondary N) is 2. The molecular formula is C22H33N3O5. The van der Waals surface area contributed by atoms with Crippen LogP contribution in [0.4, 0.5) is 5.69 Å². The highest BCUT2D eigenvalue weighted by Crippen LogP contribution is 2.28. The minimum atomic E-state index is -0.370. The van der Waals surface area contributed by atoms with Gasteiger partial charge < -0.3 is 25.0 Å². The molecule has 0 heterocycles. The molecular weight excluding hydrogens is 386 g/mol. The van der Waals surface area contributed by atoms with E-state index in [4.69, 9.17) is 9.47 Å². The van der Waals surface area contributed by atoms with Crippen molar-refractivity contribution in [2.45, 2.75) is 38.5 Å². The highest BCUT2D eigenvalue weighted by Gasteiger charge is 2.21. The number of rotatable bonds is 12. The maximum absolute atomic E-state index is 12.6. The molecule has 0 bridgehead atoms. The number of methoxy groups -OCH3 is 2. The fraction of sp³-hybridized carbons (Fsp3) is 0.591. The lowest BCUT2D eigenvalue weighted by molar-refractivity contribution is -0.137. The van der Waals surface area contributed by atoms with Gasteiger partial charge in [0, 0.05) is 25.8 Å². The van der Waals surface area contributed by atoms with E-state index in [0.717, 1.165) is 6.42 Å². The molecule has 30 heavy (non-hydrogen) atoms. The molecule has 1 aliphatic rings. The van der Waals surface area contributed by atoms with Crippen LogP contribution in [0.25, 0.3) is 0 Å². The van der Waals surface area contributed by atoms with Gasteiger partial charge in [0.1, 0.15) is 5.75 Å². The van der Waals surface area contributed by atoms with Crippen LogP contribution in [0.1, 0.15) is 38.5 Å². The average Bonchev–Trinajstić information content (AvgIpc) is 3.27. The Morgan fingerprint density at radius 2 is 1.77 bits per heavy atom. The third-order valence-corrected chi connectivity index (χ3v) is 5.31. The van der Waals surface area contributed by atoms with Crippen molar-refractivity contribution in [3.8, 4) is 5.75 Å². The fourth-order valence-electron chi connectivity index (χ4n) is 3.57. The lowest BCUT2D eigenvalue weighted by Gasteiger charge is -2.22. The molecule has 3 amide bonds. The zero-order valence-corrected chi connectivity index (χ0v) is 17.9. The molecule has 0 atom stereocenters. The second kappa shape index (κ2) is 12.8. The van der Waals surface area contributed by atoms with Gasteiger partial charge in [0.25, 0.3) is 0 Å². The molecule has 1 fully saturated rings. The standard InChI is InChI=1S/C22H33N3O5/c1-29-14-13-25(22(28)12-7-17-5-3-4-6-17)16-21(27)23-15-20(26)24-18-8-10-19(30-2)11-9-18/h8-11,17H,3-7,12-16H2,1-2H3,(H,23,27)(H,24,26). The van der Waals surface area contributed by atoms with Crippen LogP contribution in [0.5, 0.6) is 5.75 Å². The van der Waals surface area contributed by atoms with Crippen LogP contribution in [0.15, 0.2) is 24.3 Å². The summed E-state index contributed by atoms with van der Waals surface area (Å²) in [5.41, 5.74) is 0.610. The molecule has 1 saturated carbocycles. The van der Waals surface area contributed by atoms with Crippen molar-refractivity contribution in [3.63, 3.8) is 0 Å². The molecule has 8 heteroatoms. The molecule has 1 aromatic rings. The molecule has 2 N–H and O–H groups in total. The van der Waals surface area contributed by atoms with E-state index in [-0.39, 0.29) is 30.8 Å². The summed E-state index contributed by atoms with van der Waals surface area (Å²) >= 11 is 0. The minimum absolute atomic E-state index is 0.0446. The number of amides is 3. The van der Waals surface area contributed by atoms with Crippen molar-refractivity contribution >= 4 is 23.4 Å². The van der Waals surface area contributed by atoms with E-state index in [2.05, 4.69) is 10.6 Å². The summed E-state index contributed by atoms with van der Waals surface area (Å²) in [6.45, 7) is 0.466. The van der Waals surface area contributed by atoms with Crippen LogP contribution >= 0.6 is 0 Å². The Kier molecular flexibility index (Phi) is 10.1. The Bertz CT molecular complexity index is 687. The zero-order chi connectivity index (χ0) is 21.8. The minimum Gasteiger partial charge on any atom is -0.497 e. The number of hydrogen-bond donors (Lipinski definition) is 2. The first-order chi connectivity index (χ1) is 14.5. The predicted octanol–water partition coefficient (Wildman–Crippen LogP) is 2.20. The van der Waals surface area contributed by atoms with Crippen molar-refractivity contribution < 1.29 is 23.9 Å². The summed E-state index contributed by atoms with van der Waals surface area (Å²) in [6, 6.07) is 6.90. The normalized spacial score (nSPS) is 13.7. The summed E-state index contributed by atoms with van der Waals surface area (Å²) in [5, 5.41) is 5.27. The highest BCUT2D eigenvalue weighted by atomic mass is 16.5. The van der Waals surface area contributed by atoms with Gasteiger partial charge in [-0.15, -0.1) is 0 Å². The molecule has 0 unspecified atom stereocenters. The predicted molar refractivity (Wildman–Crippen MR) is 114 cm³/mol. The smallest absolute Gasteiger partial charge is 0.243 e. The number of benzene rings is 1. The Hall–Kier alpha value is -2.61. The molecule has 0 saturated heterocycles. The van der Waals surface area contributed by atoms with Gasteiger partial charge in [0.05, 0.1) is 26.8 Å². The molecule has 0 radical (unpaired) electrons. The highest BCUT2D eigenvalue weighted by molar-refractivity contribution is 5.95. The largest absolute Gasteiger partial charge is 0.497 e. The van der Waals surface area contributed by atoms with Crippen LogP contribution in [-0.2, 0) is 19.1 Å². The average molecular weight is 420 g/mol. The maximum atomic E-state index is 12.6. The van der Waals surface area contributed by atoms with Gasteiger partial charge in [0.15, 0.2) is 0 Å². The molecule has 8 nitrogen and oxygen atoms in total. The second-order valence-electron chi connectivity index (χ2n) is 7.55. The van der Waals surface area contributed by atoms with Crippen molar-refractivity contribution in [1.82, 2.24) is 10.2 Å². The number of nitrogens with zero attached hydrogens (tertiary/aromatic N) is 1. The van der Waals surface area contributed by atoms with E-state index in [0.29, 0.717) is 36.9 Å². The zero-order valence-electron chi connectivity index (χ0n) is 17.9. The summed E-state index contributed by atoms with van der Waals surface area (Å²) in [5.74, 6) is 0.551. The summed E-state index contributed by atoms with van der Waals surface area (Å²) in [6.07, 6.45) is 6.18. The first-order valence-corrected chi connectivity index (χ1v) is 10.5. The van der Waals surface area contributed by atoms with Gasteiger partial charge in [-0.1, -0.05) is 25.7 Å². The van der Waals surface area contributed by atoms with Crippen LogP contribution < -0.4 is 15.4 Å². The Morgan fingerprint density at radius 1 is 1.07 bits per heavy atom. The summed E-state index contributed by atoms with van der Waals surface area (Å²) in [7, 11) is 3.13.